The molecule has 0 heterocycles. The maximum Gasteiger partial charge on any atom is 0.0671 e. The van der Waals surface area contributed by atoms with E-state index in [1.54, 1.807) is 0 Å². The molecule has 1 aliphatic rings. The molecule has 0 spiro atoms. The minimum Gasteiger partial charge on any atom is -0.228 e. The van der Waals surface area contributed by atoms with Crippen LogP contribution in [-0.4, -0.2) is 11.2 Å². The molecule has 0 amide bonds. The predicted octanol–water partition coefficient (Wildman–Crippen LogP) is 1.81. The highest BCUT2D eigenvalue weighted by Gasteiger charge is 2.05. The van der Waals surface area contributed by atoms with Crippen LogP contribution in [-0.2, 0) is 0 Å². The molecule has 0 saturated carbocycles. The fourth-order valence-corrected chi connectivity index (χ4v) is 0.932. The molecule has 1 aliphatic carbocycles. The van der Waals surface area contributed by atoms with E-state index < -0.39 is 0 Å². The normalized spacial score (nSPS) is 18.5. The lowest BCUT2D eigenvalue weighted by Gasteiger charge is -1.94. The van der Waals surface area contributed by atoms with Gasteiger partial charge in [0.05, 0.1) is 11.2 Å². The lowest BCUT2D eigenvalue weighted by atomic mass is 10.2. The summed E-state index contributed by atoms with van der Waals surface area (Å²) in [5.41, 5.74) is 0. The molecule has 0 N–H and O–H groups in total. The van der Waals surface area contributed by atoms with Crippen LogP contribution in [0, 0.1) is 0 Å². The Balaban J connectivity index is 2.40. The molecule has 1 nitrogen and oxygen atoms in total. The topological polar surface area (TPSA) is 12.4 Å². The third kappa shape index (κ3) is 1.25. The Morgan fingerprint density at radius 3 is 2.62 bits per heavy atom. The van der Waals surface area contributed by atoms with Crippen LogP contribution in [0.15, 0.2) is 17.1 Å². The second-order valence-electron chi connectivity index (χ2n) is 1.82. The van der Waals surface area contributed by atoms with Gasteiger partial charge in [-0.05, 0) is 25.1 Å². The third-order valence-electron chi connectivity index (χ3n) is 1.22. The van der Waals surface area contributed by atoms with Gasteiger partial charge in [0.2, 0.25) is 0 Å². The van der Waals surface area contributed by atoms with Gasteiger partial charge in [-0.25, -0.2) is 4.99 Å². The Morgan fingerprint density at radius 2 is 2.12 bits per heavy atom. The summed E-state index contributed by atoms with van der Waals surface area (Å²) >= 11 is 4.44. The number of hydrogen-bond acceptors (Lipinski definition) is 2. The zero-order valence-electron chi connectivity index (χ0n) is 4.50. The minimum atomic E-state index is 0.410. The van der Waals surface area contributed by atoms with E-state index in [-0.39, 0.29) is 0 Å². The molecular weight excluding hydrogens is 118 g/mol. The summed E-state index contributed by atoms with van der Waals surface area (Å²) in [4.78, 5) is 3.93. The zero-order chi connectivity index (χ0) is 5.82. The summed E-state index contributed by atoms with van der Waals surface area (Å²) < 4.78 is 0. The molecule has 1 rings (SSSR count). The zero-order valence-corrected chi connectivity index (χ0v) is 5.32. The monoisotopic (exact) mass is 125 g/mol. The first-order chi connectivity index (χ1) is 3.93. The van der Waals surface area contributed by atoms with E-state index in [1.165, 1.54) is 0 Å². The van der Waals surface area contributed by atoms with Crippen LogP contribution in [0.5, 0.6) is 0 Å². The molecule has 0 aromatic heterocycles. The molecule has 0 saturated heterocycles. The van der Waals surface area contributed by atoms with Gasteiger partial charge < -0.3 is 0 Å². The second-order valence-corrected chi connectivity index (χ2v) is 2.00. The van der Waals surface area contributed by atoms with Crippen LogP contribution in [0.25, 0.3) is 0 Å². The van der Waals surface area contributed by atoms with Crippen molar-refractivity contribution in [3.05, 3.63) is 12.2 Å². The highest BCUT2D eigenvalue weighted by molar-refractivity contribution is 7.78. The number of rotatable bonds is 1. The first-order valence-corrected chi connectivity index (χ1v) is 3.06. The lowest BCUT2D eigenvalue weighted by Crippen LogP contribution is -1.93. The SMILES string of the molecule is S=C=NC1CC=CC1. The number of thiocarbonyl (C=S) groups is 1. The molecule has 0 fully saturated rings. The van der Waals surface area contributed by atoms with Crippen molar-refractivity contribution in [2.45, 2.75) is 18.9 Å². The maximum atomic E-state index is 4.44. The average Bonchev–Trinajstić information content (AvgIpc) is 2.19. The highest BCUT2D eigenvalue weighted by atomic mass is 32.1. The fraction of sp³-hybridized carbons (Fsp3) is 0.500. The third-order valence-corrected chi connectivity index (χ3v) is 1.32. The largest absolute Gasteiger partial charge is 0.228 e. The van der Waals surface area contributed by atoms with E-state index in [2.05, 4.69) is 34.5 Å². The number of hydrogen-bond donors (Lipinski definition) is 0. The number of isothiocyanates is 1. The summed E-state index contributed by atoms with van der Waals surface area (Å²) in [7, 11) is 0. The molecule has 0 atom stereocenters. The van der Waals surface area contributed by atoms with Crippen molar-refractivity contribution in [3.8, 4) is 0 Å². The van der Waals surface area contributed by atoms with Gasteiger partial charge in [-0.2, -0.15) is 0 Å². The van der Waals surface area contributed by atoms with Gasteiger partial charge >= 0.3 is 0 Å². The van der Waals surface area contributed by atoms with Crippen LogP contribution in [0.2, 0.25) is 0 Å². The summed E-state index contributed by atoms with van der Waals surface area (Å²) in [5.74, 6) is 0. The molecule has 0 aliphatic heterocycles. The van der Waals surface area contributed by atoms with Gasteiger partial charge in [-0.3, -0.25) is 0 Å². The predicted molar refractivity (Wildman–Crippen MR) is 37.2 cm³/mol. The van der Waals surface area contributed by atoms with Crippen LogP contribution in [0.3, 0.4) is 0 Å². The molecule has 0 aromatic rings. The molecule has 2 heteroatoms. The van der Waals surface area contributed by atoms with E-state index >= 15 is 0 Å². The summed E-state index contributed by atoms with van der Waals surface area (Å²) in [5, 5.41) is 2.38. The molecule has 0 unspecified atom stereocenters. The second kappa shape index (κ2) is 2.75. The van der Waals surface area contributed by atoms with Crippen molar-refractivity contribution in [1.29, 1.82) is 0 Å². The lowest BCUT2D eigenvalue weighted by molar-refractivity contribution is 0.740. The van der Waals surface area contributed by atoms with Crippen molar-refractivity contribution in [3.63, 3.8) is 0 Å². The van der Waals surface area contributed by atoms with Crippen LogP contribution < -0.4 is 0 Å². The Bertz CT molecular complexity index is 137. The van der Waals surface area contributed by atoms with Crippen LogP contribution in [0.4, 0.5) is 0 Å². The first-order valence-electron chi connectivity index (χ1n) is 2.65. The Kier molecular flexibility index (Phi) is 1.95. The average molecular weight is 125 g/mol. The first kappa shape index (κ1) is 5.67. The molecular formula is C6H7NS. The Hall–Kier alpha value is -0.460. The maximum absolute atomic E-state index is 4.44. The smallest absolute Gasteiger partial charge is 0.0671 e. The van der Waals surface area contributed by atoms with Crippen molar-refractivity contribution in [2.24, 2.45) is 4.99 Å². The molecule has 0 aromatic carbocycles. The van der Waals surface area contributed by atoms with E-state index in [4.69, 9.17) is 0 Å². The van der Waals surface area contributed by atoms with Gasteiger partial charge in [0.15, 0.2) is 0 Å². The van der Waals surface area contributed by atoms with E-state index in [9.17, 15) is 0 Å². The standard InChI is InChI=1S/C6H7NS/c8-5-7-6-3-1-2-4-6/h1-2,6H,3-4H2. The van der Waals surface area contributed by atoms with Crippen molar-refractivity contribution >= 4 is 17.4 Å². The van der Waals surface area contributed by atoms with Crippen molar-refractivity contribution < 1.29 is 0 Å². The molecule has 0 bridgehead atoms. The number of aliphatic imine (C=N–C) groups is 1. The summed E-state index contributed by atoms with van der Waals surface area (Å²) in [6.07, 6.45) is 6.34. The highest BCUT2D eigenvalue weighted by Crippen LogP contribution is 2.11. The van der Waals surface area contributed by atoms with Crippen LogP contribution >= 0.6 is 12.2 Å². The van der Waals surface area contributed by atoms with E-state index in [0.717, 1.165) is 12.8 Å². The van der Waals surface area contributed by atoms with Gasteiger partial charge in [0.1, 0.15) is 0 Å². The molecule has 42 valence electrons. The summed E-state index contributed by atoms with van der Waals surface area (Å²) in [6.45, 7) is 0. The van der Waals surface area contributed by atoms with Gasteiger partial charge in [-0.1, -0.05) is 12.2 Å². The quantitative estimate of drug-likeness (QED) is 0.296. The van der Waals surface area contributed by atoms with E-state index in [1.807, 2.05) is 0 Å². The Morgan fingerprint density at radius 1 is 1.50 bits per heavy atom. The number of nitrogens with zero attached hydrogens (tertiary/aromatic N) is 1. The van der Waals surface area contributed by atoms with Gasteiger partial charge in [0.25, 0.3) is 0 Å². The minimum absolute atomic E-state index is 0.410. The Labute approximate surface area is 54.1 Å². The van der Waals surface area contributed by atoms with Crippen LogP contribution in [0.1, 0.15) is 12.8 Å². The van der Waals surface area contributed by atoms with E-state index in [0.29, 0.717) is 6.04 Å². The van der Waals surface area contributed by atoms with Gasteiger partial charge in [-0.15, -0.1) is 0 Å². The fourth-order valence-electron chi connectivity index (χ4n) is 0.783. The van der Waals surface area contributed by atoms with Crippen molar-refractivity contribution in [1.82, 2.24) is 0 Å². The molecule has 8 heavy (non-hydrogen) atoms. The molecule has 0 radical (unpaired) electrons. The van der Waals surface area contributed by atoms with Gasteiger partial charge in [0, 0.05) is 0 Å². The summed E-state index contributed by atoms with van der Waals surface area (Å²) in [6, 6.07) is 0.410. The van der Waals surface area contributed by atoms with Crippen molar-refractivity contribution in [2.75, 3.05) is 0 Å².